The van der Waals surface area contributed by atoms with E-state index in [4.69, 9.17) is 0 Å². The standard InChI is InChI=1S/C26H19F6N5O4/c1-41-23(38)16-4-2-14(3-5-16)12-33-22-20-11-19(37(39)40)6-7-21(20)35-24(36-22)34-13-15-8-17(25(27,28)29)10-18(9-15)26(30,31)32/h2-11H,12-13H2,1H3,(H2,33,34,35,36). The van der Waals surface area contributed by atoms with E-state index in [0.717, 1.165) is 0 Å². The number of fused-ring (bicyclic) bond motifs is 1. The van der Waals surface area contributed by atoms with Crippen LogP contribution in [0.4, 0.5) is 43.8 Å². The molecule has 4 aromatic rings. The highest BCUT2D eigenvalue weighted by Crippen LogP contribution is 2.36. The number of aromatic nitrogens is 2. The van der Waals surface area contributed by atoms with Crippen molar-refractivity contribution in [3.8, 4) is 0 Å². The fourth-order valence-corrected chi connectivity index (χ4v) is 3.81. The van der Waals surface area contributed by atoms with Crippen LogP contribution in [0.2, 0.25) is 0 Å². The molecule has 4 rings (SSSR count). The molecule has 9 nitrogen and oxygen atoms in total. The van der Waals surface area contributed by atoms with Gasteiger partial charge in [-0.25, -0.2) is 9.78 Å². The zero-order valence-electron chi connectivity index (χ0n) is 20.9. The lowest BCUT2D eigenvalue weighted by atomic mass is 10.0. The third kappa shape index (κ3) is 6.98. The first kappa shape index (κ1) is 29.0. The lowest BCUT2D eigenvalue weighted by molar-refractivity contribution is -0.384. The number of alkyl halides is 6. The SMILES string of the molecule is COC(=O)c1ccc(CNc2nc(NCc3cc(C(F)(F)F)cc(C(F)(F)F)c3)nc3ccc([N+](=O)[O-])cc23)cc1. The number of non-ortho nitro benzene ring substituents is 1. The molecule has 15 heteroatoms. The topological polar surface area (TPSA) is 119 Å². The van der Waals surface area contributed by atoms with Crippen LogP contribution in [-0.2, 0) is 30.2 Å². The fraction of sp³-hybridized carbons (Fsp3) is 0.192. The van der Waals surface area contributed by atoms with E-state index in [9.17, 15) is 41.3 Å². The number of nitro benzene ring substituents is 1. The minimum atomic E-state index is -5.00. The van der Waals surface area contributed by atoms with E-state index in [1.54, 1.807) is 12.1 Å². The molecule has 0 bridgehead atoms. The Morgan fingerprint density at radius 3 is 2.02 bits per heavy atom. The zero-order chi connectivity index (χ0) is 29.9. The third-order valence-corrected chi connectivity index (χ3v) is 5.82. The number of nitrogens with zero attached hydrogens (tertiary/aromatic N) is 3. The number of ether oxygens (including phenoxy) is 1. The summed E-state index contributed by atoms with van der Waals surface area (Å²) in [6.07, 6.45) is -10.0. The molecule has 0 spiro atoms. The van der Waals surface area contributed by atoms with Crippen LogP contribution >= 0.6 is 0 Å². The number of carbonyl (C=O) groups is 1. The van der Waals surface area contributed by atoms with Gasteiger partial charge in [0.05, 0.1) is 34.2 Å². The first-order valence-corrected chi connectivity index (χ1v) is 11.6. The molecule has 41 heavy (non-hydrogen) atoms. The van der Waals surface area contributed by atoms with E-state index in [-0.39, 0.29) is 46.5 Å². The number of nitro groups is 1. The van der Waals surface area contributed by atoms with Gasteiger partial charge in [-0.2, -0.15) is 31.3 Å². The van der Waals surface area contributed by atoms with Gasteiger partial charge in [-0.05, 0) is 47.5 Å². The summed E-state index contributed by atoms with van der Waals surface area (Å²) in [5, 5.41) is 17.2. The minimum Gasteiger partial charge on any atom is -0.465 e. The predicted molar refractivity (Wildman–Crippen MR) is 135 cm³/mol. The van der Waals surface area contributed by atoms with E-state index in [0.29, 0.717) is 23.3 Å². The van der Waals surface area contributed by atoms with Crippen LogP contribution in [0.15, 0.2) is 60.7 Å². The van der Waals surface area contributed by atoms with Crippen molar-refractivity contribution >= 4 is 34.3 Å². The molecule has 3 aromatic carbocycles. The molecule has 0 saturated carbocycles. The Morgan fingerprint density at radius 1 is 0.854 bits per heavy atom. The van der Waals surface area contributed by atoms with Gasteiger partial charge in [-0.1, -0.05) is 12.1 Å². The Morgan fingerprint density at radius 2 is 1.46 bits per heavy atom. The van der Waals surface area contributed by atoms with Gasteiger partial charge in [0.25, 0.3) is 5.69 Å². The summed E-state index contributed by atoms with van der Waals surface area (Å²) in [4.78, 5) is 30.8. The van der Waals surface area contributed by atoms with Gasteiger partial charge in [0, 0.05) is 30.6 Å². The number of anilines is 2. The number of rotatable bonds is 8. The van der Waals surface area contributed by atoms with Crippen molar-refractivity contribution in [2.24, 2.45) is 0 Å². The average molecular weight is 579 g/mol. The molecule has 0 fully saturated rings. The maximum atomic E-state index is 13.2. The Kier molecular flexibility index (Phi) is 7.98. The Bertz CT molecular complexity index is 1580. The third-order valence-electron chi connectivity index (χ3n) is 5.82. The molecule has 214 valence electrons. The predicted octanol–water partition coefficient (Wildman–Crippen LogP) is 6.59. The van der Waals surface area contributed by atoms with Crippen molar-refractivity contribution in [1.82, 2.24) is 9.97 Å². The van der Waals surface area contributed by atoms with Gasteiger partial charge in [0.2, 0.25) is 5.95 Å². The molecule has 0 atom stereocenters. The van der Waals surface area contributed by atoms with E-state index >= 15 is 0 Å². The highest BCUT2D eigenvalue weighted by molar-refractivity contribution is 5.92. The van der Waals surface area contributed by atoms with Crippen molar-refractivity contribution in [2.75, 3.05) is 17.7 Å². The van der Waals surface area contributed by atoms with Gasteiger partial charge in [0.1, 0.15) is 5.82 Å². The molecule has 0 unspecified atom stereocenters. The molecule has 0 saturated heterocycles. The molecule has 0 radical (unpaired) electrons. The van der Waals surface area contributed by atoms with E-state index in [1.165, 1.54) is 37.4 Å². The first-order valence-electron chi connectivity index (χ1n) is 11.6. The lowest BCUT2D eigenvalue weighted by Gasteiger charge is -2.15. The van der Waals surface area contributed by atoms with Crippen LogP contribution in [0.5, 0.6) is 0 Å². The van der Waals surface area contributed by atoms with Gasteiger partial charge in [-0.3, -0.25) is 10.1 Å². The summed E-state index contributed by atoms with van der Waals surface area (Å²) < 4.78 is 84.0. The van der Waals surface area contributed by atoms with Gasteiger partial charge in [0.15, 0.2) is 0 Å². The summed E-state index contributed by atoms with van der Waals surface area (Å²) in [5.74, 6) is -0.573. The highest BCUT2D eigenvalue weighted by Gasteiger charge is 2.36. The van der Waals surface area contributed by atoms with Crippen molar-refractivity contribution < 1.29 is 40.8 Å². The van der Waals surface area contributed by atoms with Crippen LogP contribution < -0.4 is 10.6 Å². The van der Waals surface area contributed by atoms with Gasteiger partial charge in [-0.15, -0.1) is 0 Å². The Balaban J connectivity index is 1.65. The van der Waals surface area contributed by atoms with E-state index in [1.807, 2.05) is 0 Å². The molecule has 0 amide bonds. The second kappa shape index (κ2) is 11.3. The van der Waals surface area contributed by atoms with Crippen molar-refractivity contribution in [2.45, 2.75) is 25.4 Å². The second-order valence-electron chi connectivity index (χ2n) is 8.66. The van der Waals surface area contributed by atoms with Gasteiger partial charge < -0.3 is 15.4 Å². The number of hydrogen-bond donors (Lipinski definition) is 2. The minimum absolute atomic E-state index is 0.0304. The lowest BCUT2D eigenvalue weighted by Crippen LogP contribution is -2.13. The van der Waals surface area contributed by atoms with Crippen LogP contribution in [0.3, 0.4) is 0 Å². The summed E-state index contributed by atoms with van der Waals surface area (Å²) >= 11 is 0. The molecule has 1 aromatic heterocycles. The zero-order valence-corrected chi connectivity index (χ0v) is 20.9. The van der Waals surface area contributed by atoms with Crippen molar-refractivity contribution in [3.05, 3.63) is 98.6 Å². The Hall–Kier alpha value is -4.95. The van der Waals surface area contributed by atoms with Crippen molar-refractivity contribution in [1.29, 1.82) is 0 Å². The quantitative estimate of drug-likeness (QED) is 0.104. The number of benzene rings is 3. The van der Waals surface area contributed by atoms with Crippen molar-refractivity contribution in [3.63, 3.8) is 0 Å². The fourth-order valence-electron chi connectivity index (χ4n) is 3.81. The number of carbonyl (C=O) groups excluding carboxylic acids is 1. The molecular weight excluding hydrogens is 560 g/mol. The summed E-state index contributed by atoms with van der Waals surface area (Å²) in [7, 11) is 1.24. The number of hydrogen-bond acceptors (Lipinski definition) is 8. The maximum Gasteiger partial charge on any atom is 0.416 e. The maximum absolute atomic E-state index is 13.2. The van der Waals surface area contributed by atoms with E-state index in [2.05, 4.69) is 25.3 Å². The molecule has 0 aliphatic carbocycles. The first-order chi connectivity index (χ1) is 19.2. The normalized spacial score (nSPS) is 11.8. The average Bonchev–Trinajstić information content (AvgIpc) is 2.93. The number of halogens is 6. The number of nitrogens with one attached hydrogen (secondary N) is 2. The number of esters is 1. The largest absolute Gasteiger partial charge is 0.465 e. The van der Waals surface area contributed by atoms with Crippen LogP contribution in [0.1, 0.15) is 32.6 Å². The highest BCUT2D eigenvalue weighted by atomic mass is 19.4. The molecule has 2 N–H and O–H groups in total. The molecule has 1 heterocycles. The van der Waals surface area contributed by atoms with Crippen LogP contribution in [-0.4, -0.2) is 28.0 Å². The molecule has 0 aliphatic rings. The smallest absolute Gasteiger partial charge is 0.416 e. The summed E-state index contributed by atoms with van der Waals surface area (Å²) in [6.45, 7) is -0.349. The van der Waals surface area contributed by atoms with Gasteiger partial charge >= 0.3 is 18.3 Å². The molecular formula is C26H19F6N5O4. The monoisotopic (exact) mass is 579 g/mol. The summed E-state index contributed by atoms with van der Waals surface area (Å²) in [6, 6.07) is 11.3. The van der Waals surface area contributed by atoms with Crippen LogP contribution in [0.25, 0.3) is 10.9 Å². The summed E-state index contributed by atoms with van der Waals surface area (Å²) in [5.41, 5.74) is -2.28. The molecule has 0 aliphatic heterocycles. The van der Waals surface area contributed by atoms with E-state index < -0.39 is 40.9 Å². The second-order valence-corrected chi connectivity index (χ2v) is 8.66. The Labute approximate surface area is 227 Å². The number of methoxy groups -OCH3 is 1. The van der Waals surface area contributed by atoms with Crippen LogP contribution in [0, 0.1) is 10.1 Å².